The summed E-state index contributed by atoms with van der Waals surface area (Å²) >= 11 is 5.95. The van der Waals surface area contributed by atoms with Crippen LogP contribution in [0.1, 0.15) is 13.3 Å². The highest BCUT2D eigenvalue weighted by molar-refractivity contribution is 7.92. The van der Waals surface area contributed by atoms with Crippen LogP contribution in [0.15, 0.2) is 47.4 Å². The predicted molar refractivity (Wildman–Crippen MR) is 98.9 cm³/mol. The van der Waals surface area contributed by atoms with Gasteiger partial charge in [0, 0.05) is 30.1 Å². The summed E-state index contributed by atoms with van der Waals surface area (Å²) in [4.78, 5) is 24.2. The number of hydrogen-bond acceptors (Lipinski definition) is 5. The number of hydrogen-bond donors (Lipinski definition) is 2. The Hall–Kier alpha value is -2.16. The van der Waals surface area contributed by atoms with E-state index >= 15 is 0 Å². The Morgan fingerprint density at radius 3 is 2.46 bits per heavy atom. The Kier molecular flexibility index (Phi) is 5.90. The number of sulfone groups is 1. The lowest BCUT2D eigenvalue weighted by molar-refractivity contribution is -0.131. The molecule has 0 aliphatic carbocycles. The van der Waals surface area contributed by atoms with Crippen molar-refractivity contribution >= 4 is 27.3 Å². The van der Waals surface area contributed by atoms with Gasteiger partial charge in [-0.2, -0.15) is 0 Å². The summed E-state index contributed by atoms with van der Waals surface area (Å²) in [6.45, 7) is 1.20. The zero-order valence-electron chi connectivity index (χ0n) is 14.3. The lowest BCUT2D eigenvalue weighted by atomic mass is 10.1. The minimum atomic E-state index is -3.82. The quantitative estimate of drug-likeness (QED) is 0.570. The summed E-state index contributed by atoms with van der Waals surface area (Å²) < 4.78 is 23.4. The van der Waals surface area contributed by atoms with Crippen LogP contribution < -0.4 is 11.0 Å². The zero-order valence-corrected chi connectivity index (χ0v) is 15.8. The molecule has 0 saturated heterocycles. The summed E-state index contributed by atoms with van der Waals surface area (Å²) in [5.74, 6) is -1.04. The van der Waals surface area contributed by atoms with Crippen molar-refractivity contribution in [1.29, 1.82) is 0 Å². The molecule has 0 fully saturated rings. The van der Waals surface area contributed by atoms with Crippen molar-refractivity contribution in [3.8, 4) is 11.1 Å². The summed E-state index contributed by atoms with van der Waals surface area (Å²) in [6, 6.07) is 10.2. The first-order valence-corrected chi connectivity index (χ1v) is 9.96. The van der Waals surface area contributed by atoms with Crippen LogP contribution in [-0.2, 0) is 21.2 Å². The number of carbonyl (C=O) groups is 1. The van der Waals surface area contributed by atoms with E-state index in [4.69, 9.17) is 16.8 Å². The van der Waals surface area contributed by atoms with Gasteiger partial charge < -0.3 is 4.57 Å². The number of aromatic nitrogens is 1. The second kappa shape index (κ2) is 7.61. The number of nitrogens with one attached hydrogen (secondary N) is 1. The van der Waals surface area contributed by atoms with Crippen molar-refractivity contribution in [1.82, 2.24) is 10.0 Å². The second-order valence-electron chi connectivity index (χ2n) is 6.15. The average molecular weight is 399 g/mol. The van der Waals surface area contributed by atoms with Gasteiger partial charge in [-0.1, -0.05) is 23.7 Å². The van der Waals surface area contributed by atoms with Crippen molar-refractivity contribution in [2.75, 3.05) is 6.26 Å². The highest BCUT2D eigenvalue weighted by Gasteiger charge is 2.43. The van der Waals surface area contributed by atoms with Gasteiger partial charge in [-0.05, 0) is 42.7 Å². The number of hydroxylamine groups is 1. The van der Waals surface area contributed by atoms with E-state index in [1.165, 1.54) is 29.2 Å². The zero-order chi connectivity index (χ0) is 19.5. The molecule has 2 aromatic rings. The van der Waals surface area contributed by atoms with Gasteiger partial charge >= 0.3 is 0 Å². The van der Waals surface area contributed by atoms with Gasteiger partial charge in [0.1, 0.15) is 0 Å². The molecule has 1 aromatic heterocycles. The Morgan fingerprint density at radius 1 is 1.27 bits per heavy atom. The Balaban J connectivity index is 2.28. The molecule has 1 aromatic carbocycles. The standard InChI is InChI=1S/C17H19ClN2O5S/c1-17(16(22)19-23,26(2,24)25)7-9-20-8-6-13(11-15(20)21)12-4-3-5-14(18)10-12/h3-6,8,10-11,23H,7,9H2,1-2H3,(H,19,22). The minimum Gasteiger partial charge on any atom is -0.315 e. The van der Waals surface area contributed by atoms with Crippen molar-refractivity contribution in [3.63, 3.8) is 0 Å². The molecule has 1 heterocycles. The lowest BCUT2D eigenvalue weighted by Crippen LogP contribution is -2.49. The Morgan fingerprint density at radius 2 is 1.92 bits per heavy atom. The molecule has 0 aliphatic rings. The highest BCUT2D eigenvalue weighted by atomic mass is 35.5. The van der Waals surface area contributed by atoms with E-state index in [1.807, 2.05) is 6.07 Å². The van der Waals surface area contributed by atoms with Gasteiger partial charge in [0.15, 0.2) is 14.6 Å². The first-order chi connectivity index (χ1) is 12.1. The minimum absolute atomic E-state index is 0.00828. The fraction of sp³-hybridized carbons (Fsp3) is 0.294. The number of halogens is 1. The van der Waals surface area contributed by atoms with Gasteiger partial charge in [-0.3, -0.25) is 14.8 Å². The summed E-state index contributed by atoms with van der Waals surface area (Å²) in [5, 5.41) is 9.37. The van der Waals surface area contributed by atoms with Crippen LogP contribution in [0.2, 0.25) is 5.02 Å². The van der Waals surface area contributed by atoms with Gasteiger partial charge in [0.25, 0.3) is 11.5 Å². The number of carbonyl (C=O) groups excluding carboxylic acids is 1. The molecule has 2 N–H and O–H groups in total. The fourth-order valence-corrected chi connectivity index (χ4v) is 3.49. The molecule has 9 heteroatoms. The van der Waals surface area contributed by atoms with E-state index in [1.54, 1.807) is 24.3 Å². The maximum atomic E-state index is 12.3. The largest absolute Gasteiger partial charge is 0.315 e. The first-order valence-electron chi connectivity index (χ1n) is 7.69. The summed E-state index contributed by atoms with van der Waals surface area (Å²) in [7, 11) is -3.82. The van der Waals surface area contributed by atoms with Crippen molar-refractivity contribution in [2.24, 2.45) is 0 Å². The SMILES string of the molecule is CC(CCn1ccc(-c2cccc(Cl)c2)cc1=O)(C(=O)NO)S(C)(=O)=O. The molecule has 1 atom stereocenters. The van der Waals surface area contributed by atoms with Gasteiger partial charge in [0.2, 0.25) is 0 Å². The van der Waals surface area contributed by atoms with Crippen LogP contribution in [-0.4, -0.2) is 35.1 Å². The average Bonchev–Trinajstić information content (AvgIpc) is 2.58. The van der Waals surface area contributed by atoms with Crippen LogP contribution in [0.25, 0.3) is 11.1 Å². The fourth-order valence-electron chi connectivity index (χ4n) is 2.46. The monoisotopic (exact) mass is 398 g/mol. The molecule has 1 unspecified atom stereocenters. The molecule has 0 saturated carbocycles. The lowest BCUT2D eigenvalue weighted by Gasteiger charge is -2.25. The third-order valence-corrected chi connectivity index (χ3v) is 6.65. The van der Waals surface area contributed by atoms with Crippen molar-refractivity contribution in [2.45, 2.75) is 24.6 Å². The molecule has 2 rings (SSSR count). The normalized spacial score (nSPS) is 13.8. The van der Waals surface area contributed by atoms with E-state index in [2.05, 4.69) is 0 Å². The number of benzene rings is 1. The van der Waals surface area contributed by atoms with E-state index < -0.39 is 20.5 Å². The van der Waals surface area contributed by atoms with E-state index in [0.717, 1.165) is 11.8 Å². The van der Waals surface area contributed by atoms with Crippen LogP contribution in [0.5, 0.6) is 0 Å². The third kappa shape index (κ3) is 4.14. The molecule has 26 heavy (non-hydrogen) atoms. The predicted octanol–water partition coefficient (Wildman–Crippen LogP) is 1.87. The molecular formula is C17H19ClN2O5S. The van der Waals surface area contributed by atoms with Gasteiger partial charge in [-0.25, -0.2) is 13.9 Å². The Bertz CT molecular complexity index is 987. The van der Waals surface area contributed by atoms with Gasteiger partial charge in [0.05, 0.1) is 0 Å². The maximum absolute atomic E-state index is 12.3. The summed E-state index contributed by atoms with van der Waals surface area (Å²) in [6.07, 6.45) is 2.26. The van der Waals surface area contributed by atoms with E-state index in [-0.39, 0.29) is 18.5 Å². The molecule has 7 nitrogen and oxygen atoms in total. The van der Waals surface area contributed by atoms with Crippen LogP contribution >= 0.6 is 11.6 Å². The molecule has 0 radical (unpaired) electrons. The number of pyridine rings is 1. The number of aryl methyl sites for hydroxylation is 1. The molecule has 0 aliphatic heterocycles. The smallest absolute Gasteiger partial charge is 0.264 e. The van der Waals surface area contributed by atoms with E-state index in [0.29, 0.717) is 10.6 Å². The number of amides is 1. The molecule has 0 bridgehead atoms. The van der Waals surface area contributed by atoms with Crippen LogP contribution in [0.4, 0.5) is 0 Å². The van der Waals surface area contributed by atoms with Crippen molar-refractivity contribution in [3.05, 3.63) is 58.0 Å². The second-order valence-corrected chi connectivity index (χ2v) is 9.03. The van der Waals surface area contributed by atoms with Crippen LogP contribution in [0.3, 0.4) is 0 Å². The highest BCUT2D eigenvalue weighted by Crippen LogP contribution is 2.23. The van der Waals surface area contributed by atoms with Crippen molar-refractivity contribution < 1.29 is 18.4 Å². The molecule has 140 valence electrons. The first kappa shape index (κ1) is 20.2. The topological polar surface area (TPSA) is 105 Å². The van der Waals surface area contributed by atoms with E-state index in [9.17, 15) is 18.0 Å². The molecule has 1 amide bonds. The summed E-state index contributed by atoms with van der Waals surface area (Å²) in [5.41, 5.74) is 2.49. The molecule has 0 spiro atoms. The van der Waals surface area contributed by atoms with Crippen LogP contribution in [0, 0.1) is 0 Å². The Labute approximate surface area is 156 Å². The molecular weight excluding hydrogens is 380 g/mol. The number of nitrogens with zero attached hydrogens (tertiary/aromatic N) is 1. The third-order valence-electron chi connectivity index (χ3n) is 4.38. The maximum Gasteiger partial charge on any atom is 0.264 e. The van der Waals surface area contributed by atoms with Gasteiger partial charge in [-0.15, -0.1) is 0 Å². The number of rotatable bonds is 6.